The highest BCUT2D eigenvalue weighted by Crippen LogP contribution is 2.32. The number of fused-ring (bicyclic) bond motifs is 1. The van der Waals surface area contributed by atoms with Crippen molar-refractivity contribution in [1.29, 1.82) is 0 Å². The molecule has 1 aliphatic heterocycles. The lowest BCUT2D eigenvalue weighted by Gasteiger charge is -2.30. The molecular formula is C21H24FN5O. The Kier molecular flexibility index (Phi) is 4.53. The number of aryl methyl sites for hydroxylation is 1. The summed E-state index contributed by atoms with van der Waals surface area (Å²) in [6.07, 6.45) is 6.21. The van der Waals surface area contributed by atoms with Crippen molar-refractivity contribution >= 4 is 5.91 Å². The molecule has 0 fully saturated rings. The summed E-state index contributed by atoms with van der Waals surface area (Å²) in [6.45, 7) is 5.37. The van der Waals surface area contributed by atoms with Gasteiger partial charge in [0.15, 0.2) is 0 Å². The van der Waals surface area contributed by atoms with E-state index < -0.39 is 0 Å². The average molecular weight is 381 g/mol. The molecule has 0 bridgehead atoms. The number of hydrogen-bond donors (Lipinski definition) is 0. The third kappa shape index (κ3) is 3.44. The van der Waals surface area contributed by atoms with Gasteiger partial charge in [-0.1, -0.05) is 26.0 Å². The zero-order chi connectivity index (χ0) is 19.9. The highest BCUT2D eigenvalue weighted by molar-refractivity contribution is 5.78. The van der Waals surface area contributed by atoms with E-state index in [1.54, 1.807) is 41.6 Å². The van der Waals surface area contributed by atoms with Crippen molar-refractivity contribution in [2.24, 2.45) is 12.5 Å². The molecular weight excluding hydrogens is 357 g/mol. The van der Waals surface area contributed by atoms with Crippen LogP contribution in [0.1, 0.15) is 30.8 Å². The van der Waals surface area contributed by atoms with E-state index in [2.05, 4.69) is 23.9 Å². The van der Waals surface area contributed by atoms with Gasteiger partial charge in [0.1, 0.15) is 11.5 Å². The number of hydrogen-bond acceptors (Lipinski definition) is 3. The molecule has 7 heteroatoms. The van der Waals surface area contributed by atoms with Crippen molar-refractivity contribution in [2.75, 3.05) is 6.54 Å². The average Bonchev–Trinajstić information content (AvgIpc) is 3.17. The van der Waals surface area contributed by atoms with Crippen LogP contribution in [0, 0.1) is 11.2 Å². The van der Waals surface area contributed by atoms with Gasteiger partial charge in [0.2, 0.25) is 5.91 Å². The Bertz CT molecular complexity index is 1020. The maximum absolute atomic E-state index is 14.3. The second kappa shape index (κ2) is 6.89. The lowest BCUT2D eigenvalue weighted by Crippen LogP contribution is -2.38. The van der Waals surface area contributed by atoms with E-state index in [-0.39, 0.29) is 17.1 Å². The Morgan fingerprint density at radius 2 is 2.04 bits per heavy atom. The van der Waals surface area contributed by atoms with Crippen LogP contribution in [0.15, 0.2) is 43.0 Å². The third-order valence-electron chi connectivity index (χ3n) is 5.26. The fourth-order valence-electron chi connectivity index (χ4n) is 3.84. The van der Waals surface area contributed by atoms with E-state index >= 15 is 0 Å². The number of imidazole rings is 1. The summed E-state index contributed by atoms with van der Waals surface area (Å²) in [7, 11) is 1.89. The molecule has 0 N–H and O–H groups in total. The summed E-state index contributed by atoms with van der Waals surface area (Å²) in [5, 5.41) is 4.44. The fraction of sp³-hybridized carbons (Fsp3) is 0.381. The zero-order valence-corrected chi connectivity index (χ0v) is 16.4. The van der Waals surface area contributed by atoms with Crippen LogP contribution in [0.25, 0.3) is 5.69 Å². The highest BCUT2D eigenvalue weighted by atomic mass is 19.1. The molecule has 0 unspecified atom stereocenters. The molecule has 4 rings (SSSR count). The van der Waals surface area contributed by atoms with E-state index in [1.807, 2.05) is 16.5 Å². The van der Waals surface area contributed by atoms with Crippen LogP contribution < -0.4 is 0 Å². The van der Waals surface area contributed by atoms with Crippen LogP contribution in [0.4, 0.5) is 4.39 Å². The van der Waals surface area contributed by atoms with Gasteiger partial charge in [0, 0.05) is 43.3 Å². The Morgan fingerprint density at radius 3 is 2.75 bits per heavy atom. The van der Waals surface area contributed by atoms with Gasteiger partial charge in [-0.15, -0.1) is 0 Å². The minimum absolute atomic E-state index is 0.0585. The topological polar surface area (TPSA) is 56.0 Å². The smallest absolute Gasteiger partial charge is 0.228 e. The summed E-state index contributed by atoms with van der Waals surface area (Å²) in [5.41, 5.74) is 3.10. The molecule has 3 heterocycles. The number of carbonyl (C=O) groups is 1. The largest absolute Gasteiger partial charge is 0.337 e. The molecule has 3 aromatic rings. The summed E-state index contributed by atoms with van der Waals surface area (Å²) < 4.78 is 17.9. The number of carbonyl (C=O) groups excluding carboxylic acids is 1. The van der Waals surface area contributed by atoms with Gasteiger partial charge >= 0.3 is 0 Å². The molecule has 0 atom stereocenters. The van der Waals surface area contributed by atoms with Gasteiger partial charge in [-0.2, -0.15) is 5.10 Å². The first-order valence-corrected chi connectivity index (χ1v) is 9.38. The van der Waals surface area contributed by atoms with Crippen molar-refractivity contribution in [1.82, 2.24) is 24.2 Å². The molecule has 0 spiro atoms. The van der Waals surface area contributed by atoms with Gasteiger partial charge in [-0.3, -0.25) is 4.79 Å². The number of para-hydroxylation sites is 1. The monoisotopic (exact) mass is 381 g/mol. The second-order valence-corrected chi connectivity index (χ2v) is 8.24. The predicted octanol–water partition coefficient (Wildman–Crippen LogP) is 2.90. The molecule has 146 valence electrons. The first-order chi connectivity index (χ1) is 13.3. The van der Waals surface area contributed by atoms with Crippen LogP contribution in [-0.2, 0) is 31.2 Å². The summed E-state index contributed by atoms with van der Waals surface area (Å²) in [4.78, 5) is 19.0. The van der Waals surface area contributed by atoms with E-state index in [1.165, 1.54) is 6.07 Å². The maximum atomic E-state index is 14.3. The molecule has 0 radical (unpaired) electrons. The maximum Gasteiger partial charge on any atom is 0.228 e. The molecule has 1 aliphatic rings. The summed E-state index contributed by atoms with van der Waals surface area (Å²) in [6, 6.07) is 6.64. The summed E-state index contributed by atoms with van der Waals surface area (Å²) in [5.74, 6) is -0.247. The molecule has 2 aromatic heterocycles. The summed E-state index contributed by atoms with van der Waals surface area (Å²) >= 11 is 0. The number of amides is 1. The van der Waals surface area contributed by atoms with Gasteiger partial charge < -0.3 is 9.47 Å². The van der Waals surface area contributed by atoms with Crippen LogP contribution in [0.2, 0.25) is 0 Å². The van der Waals surface area contributed by atoms with Crippen molar-refractivity contribution in [3.63, 3.8) is 0 Å². The predicted molar refractivity (Wildman–Crippen MR) is 103 cm³/mol. The van der Waals surface area contributed by atoms with Crippen LogP contribution in [0.5, 0.6) is 0 Å². The number of rotatable bonds is 3. The molecule has 0 saturated carbocycles. The number of halogens is 1. The molecule has 6 nitrogen and oxygen atoms in total. The lowest BCUT2D eigenvalue weighted by atomic mass is 9.87. The van der Waals surface area contributed by atoms with Crippen molar-refractivity contribution in [3.8, 4) is 5.69 Å². The van der Waals surface area contributed by atoms with Crippen molar-refractivity contribution in [3.05, 3.63) is 65.8 Å². The number of nitrogens with zero attached hydrogens (tertiary/aromatic N) is 5. The van der Waals surface area contributed by atoms with Gasteiger partial charge in [-0.05, 0) is 24.0 Å². The molecule has 28 heavy (non-hydrogen) atoms. The third-order valence-corrected chi connectivity index (χ3v) is 5.26. The lowest BCUT2D eigenvalue weighted by molar-refractivity contribution is -0.132. The molecule has 0 saturated heterocycles. The second-order valence-electron chi connectivity index (χ2n) is 8.24. The van der Waals surface area contributed by atoms with E-state index in [4.69, 9.17) is 0 Å². The number of benzene rings is 1. The Balaban J connectivity index is 1.66. The SMILES string of the molecule is Cn1cncc1CC(=O)N1Cc2cnn(-c3ccccc3F)c2CC(C)(C)C1. The van der Waals surface area contributed by atoms with Gasteiger partial charge in [0.05, 0.1) is 18.9 Å². The minimum Gasteiger partial charge on any atom is -0.337 e. The zero-order valence-electron chi connectivity index (χ0n) is 16.4. The van der Waals surface area contributed by atoms with Crippen LogP contribution >= 0.6 is 0 Å². The Hall–Kier alpha value is -2.96. The van der Waals surface area contributed by atoms with Crippen molar-refractivity contribution in [2.45, 2.75) is 33.2 Å². The van der Waals surface area contributed by atoms with E-state index in [9.17, 15) is 9.18 Å². The van der Waals surface area contributed by atoms with Crippen LogP contribution in [-0.4, -0.2) is 36.7 Å². The standard InChI is InChI=1S/C21H24FN5O/c1-21(2)9-19-15(10-24-27(19)18-7-5-4-6-17(18)22)12-26(13-21)20(28)8-16-11-23-14-25(16)3/h4-7,10-11,14H,8-9,12-13H2,1-3H3. The van der Waals surface area contributed by atoms with Gasteiger partial charge in [-0.25, -0.2) is 14.1 Å². The van der Waals surface area contributed by atoms with Crippen molar-refractivity contribution < 1.29 is 9.18 Å². The minimum atomic E-state index is -0.306. The van der Waals surface area contributed by atoms with Crippen LogP contribution in [0.3, 0.4) is 0 Å². The first kappa shape index (κ1) is 18.4. The molecule has 0 aliphatic carbocycles. The van der Waals surface area contributed by atoms with Gasteiger partial charge in [0.25, 0.3) is 0 Å². The fourth-order valence-corrected chi connectivity index (χ4v) is 3.84. The van der Waals surface area contributed by atoms with E-state index in [0.717, 1.165) is 17.0 Å². The first-order valence-electron chi connectivity index (χ1n) is 9.38. The highest BCUT2D eigenvalue weighted by Gasteiger charge is 2.33. The molecule has 1 aromatic carbocycles. The Morgan fingerprint density at radius 1 is 1.25 bits per heavy atom. The number of aromatic nitrogens is 4. The quantitative estimate of drug-likeness (QED) is 0.701. The van der Waals surface area contributed by atoms with E-state index in [0.29, 0.717) is 31.6 Å². The normalized spacial score (nSPS) is 15.9. The Labute approximate surface area is 163 Å². The molecule has 1 amide bonds.